The van der Waals surface area contributed by atoms with Crippen LogP contribution >= 0.6 is 11.6 Å². The minimum absolute atomic E-state index is 0.117. The molecule has 1 fully saturated rings. The molecule has 3 rings (SSSR count). The molecule has 1 aliphatic rings. The minimum Gasteiger partial charge on any atom is -0.309 e. The van der Waals surface area contributed by atoms with E-state index < -0.39 is 0 Å². The third-order valence-corrected chi connectivity index (χ3v) is 5.60. The smallest absolute Gasteiger partial charge is 0.227 e. The van der Waals surface area contributed by atoms with Gasteiger partial charge in [-0.15, -0.1) is 0 Å². The first-order valence-electron chi connectivity index (χ1n) is 9.97. The summed E-state index contributed by atoms with van der Waals surface area (Å²) in [5.41, 5.74) is 1.92. The first-order chi connectivity index (χ1) is 13.4. The number of piperidine rings is 1. The highest BCUT2D eigenvalue weighted by Crippen LogP contribution is 2.27. The van der Waals surface area contributed by atoms with Crippen molar-refractivity contribution >= 4 is 23.2 Å². The summed E-state index contributed by atoms with van der Waals surface area (Å²) in [6, 6.07) is 14.4. The molecule has 0 saturated carbocycles. The van der Waals surface area contributed by atoms with Gasteiger partial charge in [0.2, 0.25) is 5.91 Å². The third kappa shape index (κ3) is 5.33. The van der Waals surface area contributed by atoms with Crippen molar-refractivity contribution in [1.29, 1.82) is 0 Å². The molecule has 1 heterocycles. The molecule has 0 unspecified atom stereocenters. The fourth-order valence-corrected chi connectivity index (χ4v) is 4.01. The number of carbonyl (C=O) groups excluding carboxylic acids is 1. The predicted octanol–water partition coefficient (Wildman–Crippen LogP) is 5.52. The molecule has 1 saturated heterocycles. The Hall–Kier alpha value is -1.91. The standard InChI is InChI=1S/C23H28ClFN2O/c1-17(2)15-23(28)27(20-9-7-19(25)8-10-20)21-11-13-26(14-12-21)16-18-5-3-4-6-22(18)24/h3-10,17,21H,11-16H2,1-2H3. The van der Waals surface area contributed by atoms with Gasteiger partial charge in [0.15, 0.2) is 0 Å². The van der Waals surface area contributed by atoms with Crippen LogP contribution in [0.15, 0.2) is 48.5 Å². The molecule has 0 aromatic heterocycles. The van der Waals surface area contributed by atoms with E-state index in [4.69, 9.17) is 11.6 Å². The van der Waals surface area contributed by atoms with E-state index in [1.165, 1.54) is 12.1 Å². The summed E-state index contributed by atoms with van der Waals surface area (Å²) in [4.78, 5) is 17.2. The zero-order valence-electron chi connectivity index (χ0n) is 16.6. The molecule has 2 aromatic carbocycles. The molecule has 1 amide bonds. The van der Waals surface area contributed by atoms with Crippen LogP contribution in [0.1, 0.15) is 38.7 Å². The molecule has 0 atom stereocenters. The number of amides is 1. The number of halogens is 2. The predicted molar refractivity (Wildman–Crippen MR) is 113 cm³/mol. The summed E-state index contributed by atoms with van der Waals surface area (Å²) in [5, 5.41) is 0.796. The number of anilines is 1. The van der Waals surface area contributed by atoms with E-state index in [2.05, 4.69) is 11.0 Å². The van der Waals surface area contributed by atoms with Gasteiger partial charge < -0.3 is 4.90 Å². The van der Waals surface area contributed by atoms with Crippen molar-refractivity contribution in [1.82, 2.24) is 4.90 Å². The van der Waals surface area contributed by atoms with Crippen LogP contribution in [0.4, 0.5) is 10.1 Å². The first kappa shape index (κ1) is 20.8. The zero-order valence-corrected chi connectivity index (χ0v) is 17.3. The summed E-state index contributed by atoms with van der Waals surface area (Å²) in [6.07, 6.45) is 2.29. The SMILES string of the molecule is CC(C)CC(=O)N(c1ccc(F)cc1)C1CCN(Cc2ccccc2Cl)CC1. The molecule has 2 aromatic rings. The van der Waals surface area contributed by atoms with Crippen LogP contribution in [0, 0.1) is 11.7 Å². The van der Waals surface area contributed by atoms with Crippen LogP contribution in [0.2, 0.25) is 5.02 Å². The average molecular weight is 403 g/mol. The molecule has 3 nitrogen and oxygen atoms in total. The number of benzene rings is 2. The molecule has 0 radical (unpaired) electrons. The molecule has 0 spiro atoms. The number of carbonyl (C=O) groups is 1. The van der Waals surface area contributed by atoms with Gasteiger partial charge in [-0.05, 0) is 54.7 Å². The topological polar surface area (TPSA) is 23.6 Å². The van der Waals surface area contributed by atoms with Crippen molar-refractivity contribution in [2.75, 3.05) is 18.0 Å². The van der Waals surface area contributed by atoms with Crippen molar-refractivity contribution in [2.45, 2.75) is 45.7 Å². The van der Waals surface area contributed by atoms with Crippen LogP contribution in [-0.4, -0.2) is 29.9 Å². The van der Waals surface area contributed by atoms with Gasteiger partial charge in [-0.25, -0.2) is 4.39 Å². The lowest BCUT2D eigenvalue weighted by Crippen LogP contribution is -2.47. The van der Waals surface area contributed by atoms with Crippen molar-refractivity contribution in [3.05, 3.63) is 64.9 Å². The van der Waals surface area contributed by atoms with Gasteiger partial charge in [0.1, 0.15) is 5.82 Å². The summed E-state index contributed by atoms with van der Waals surface area (Å²) in [6.45, 7) is 6.73. The number of rotatable bonds is 6. The Labute approximate surface area is 172 Å². The second kappa shape index (κ2) is 9.53. The maximum atomic E-state index is 13.4. The Balaban J connectivity index is 1.69. The number of hydrogen-bond acceptors (Lipinski definition) is 2. The van der Waals surface area contributed by atoms with Gasteiger partial charge in [0.05, 0.1) is 0 Å². The van der Waals surface area contributed by atoms with Gasteiger partial charge in [-0.3, -0.25) is 9.69 Å². The van der Waals surface area contributed by atoms with Gasteiger partial charge >= 0.3 is 0 Å². The summed E-state index contributed by atoms with van der Waals surface area (Å²) < 4.78 is 13.4. The highest BCUT2D eigenvalue weighted by molar-refractivity contribution is 6.31. The maximum absolute atomic E-state index is 13.4. The van der Waals surface area contributed by atoms with Crippen molar-refractivity contribution in [2.24, 2.45) is 5.92 Å². The summed E-state index contributed by atoms with van der Waals surface area (Å²) in [5.74, 6) is 0.122. The van der Waals surface area contributed by atoms with Crippen LogP contribution in [0.3, 0.4) is 0 Å². The maximum Gasteiger partial charge on any atom is 0.227 e. The molecule has 0 aliphatic carbocycles. The van der Waals surface area contributed by atoms with E-state index in [9.17, 15) is 9.18 Å². The lowest BCUT2D eigenvalue weighted by atomic mass is 9.99. The number of hydrogen-bond donors (Lipinski definition) is 0. The second-order valence-electron chi connectivity index (χ2n) is 7.94. The fourth-order valence-electron chi connectivity index (χ4n) is 3.81. The molecule has 0 N–H and O–H groups in total. The van der Waals surface area contributed by atoms with E-state index in [0.717, 1.165) is 48.7 Å². The van der Waals surface area contributed by atoms with E-state index in [1.54, 1.807) is 12.1 Å². The van der Waals surface area contributed by atoms with Crippen LogP contribution < -0.4 is 4.90 Å². The monoisotopic (exact) mass is 402 g/mol. The van der Waals surface area contributed by atoms with E-state index in [-0.39, 0.29) is 23.7 Å². The van der Waals surface area contributed by atoms with E-state index >= 15 is 0 Å². The summed E-state index contributed by atoms with van der Waals surface area (Å²) >= 11 is 6.30. The van der Waals surface area contributed by atoms with Crippen molar-refractivity contribution < 1.29 is 9.18 Å². The van der Waals surface area contributed by atoms with Gasteiger partial charge in [0.25, 0.3) is 0 Å². The Bertz CT molecular complexity index is 785. The van der Waals surface area contributed by atoms with Crippen LogP contribution in [0.25, 0.3) is 0 Å². The second-order valence-corrected chi connectivity index (χ2v) is 8.34. The molecule has 150 valence electrons. The lowest BCUT2D eigenvalue weighted by Gasteiger charge is -2.39. The molecule has 1 aliphatic heterocycles. The van der Waals surface area contributed by atoms with Gasteiger partial charge in [-0.1, -0.05) is 43.6 Å². The molecular weight excluding hydrogens is 375 g/mol. The highest BCUT2D eigenvalue weighted by atomic mass is 35.5. The average Bonchev–Trinajstić information content (AvgIpc) is 2.66. The molecule has 28 heavy (non-hydrogen) atoms. The quantitative estimate of drug-likeness (QED) is 0.634. The number of likely N-dealkylation sites (tertiary alicyclic amines) is 1. The largest absolute Gasteiger partial charge is 0.309 e. The van der Waals surface area contributed by atoms with E-state index in [0.29, 0.717) is 6.42 Å². The minimum atomic E-state index is -0.283. The molecular formula is C23H28ClFN2O. The Morgan fingerprint density at radius 3 is 2.39 bits per heavy atom. The third-order valence-electron chi connectivity index (χ3n) is 5.23. The van der Waals surface area contributed by atoms with Gasteiger partial charge in [-0.2, -0.15) is 0 Å². The Morgan fingerprint density at radius 2 is 1.79 bits per heavy atom. The first-order valence-corrected chi connectivity index (χ1v) is 10.3. The Morgan fingerprint density at radius 1 is 1.14 bits per heavy atom. The normalized spacial score (nSPS) is 15.8. The lowest BCUT2D eigenvalue weighted by molar-refractivity contribution is -0.120. The zero-order chi connectivity index (χ0) is 20.1. The number of nitrogens with zero attached hydrogens (tertiary/aromatic N) is 2. The fraction of sp³-hybridized carbons (Fsp3) is 0.435. The van der Waals surface area contributed by atoms with Crippen LogP contribution in [-0.2, 0) is 11.3 Å². The molecule has 0 bridgehead atoms. The van der Waals surface area contributed by atoms with E-state index in [1.807, 2.05) is 36.9 Å². The van der Waals surface area contributed by atoms with Crippen LogP contribution in [0.5, 0.6) is 0 Å². The highest BCUT2D eigenvalue weighted by Gasteiger charge is 2.29. The van der Waals surface area contributed by atoms with Crippen molar-refractivity contribution in [3.8, 4) is 0 Å². The molecule has 5 heteroatoms. The van der Waals surface area contributed by atoms with Gasteiger partial charge in [0, 0.05) is 42.8 Å². The van der Waals surface area contributed by atoms with Crippen molar-refractivity contribution in [3.63, 3.8) is 0 Å². The summed E-state index contributed by atoms with van der Waals surface area (Å²) in [7, 11) is 0. The Kier molecular flexibility index (Phi) is 7.08.